The highest BCUT2D eigenvalue weighted by molar-refractivity contribution is 7.98. The summed E-state index contributed by atoms with van der Waals surface area (Å²) in [4.78, 5) is 22.9. The third-order valence-corrected chi connectivity index (χ3v) is 6.34. The maximum Gasteiger partial charge on any atom is 0.274 e. The average molecular weight is 471 g/mol. The van der Waals surface area contributed by atoms with E-state index in [1.54, 1.807) is 28.2 Å². The van der Waals surface area contributed by atoms with Crippen LogP contribution in [0.15, 0.2) is 53.0 Å². The Morgan fingerprint density at radius 3 is 2.58 bits per heavy atom. The number of carbonyl (C=O) groups excluding carboxylic acids is 1. The van der Waals surface area contributed by atoms with Gasteiger partial charge < -0.3 is 5.32 Å². The molecule has 0 bridgehead atoms. The van der Waals surface area contributed by atoms with Crippen LogP contribution in [-0.2, 0) is 12.3 Å². The summed E-state index contributed by atoms with van der Waals surface area (Å²) in [6.07, 6.45) is 0. The van der Waals surface area contributed by atoms with Gasteiger partial charge in [-0.3, -0.25) is 4.79 Å². The van der Waals surface area contributed by atoms with Crippen LogP contribution in [0.3, 0.4) is 0 Å². The molecule has 3 heterocycles. The highest BCUT2D eigenvalue weighted by Gasteiger charge is 2.21. The van der Waals surface area contributed by atoms with Gasteiger partial charge >= 0.3 is 0 Å². The SMILES string of the molecule is Cc1cc(C)nc(SCc2c(C(=O)NCc3cccs3)nnn2-c2ccc(Cl)cc2)n1. The van der Waals surface area contributed by atoms with Gasteiger partial charge in [0, 0.05) is 27.0 Å². The molecule has 1 N–H and O–H groups in total. The van der Waals surface area contributed by atoms with Crippen molar-refractivity contribution in [2.45, 2.75) is 31.3 Å². The molecule has 31 heavy (non-hydrogen) atoms. The lowest BCUT2D eigenvalue weighted by molar-refractivity contribution is 0.0945. The first-order chi connectivity index (χ1) is 15.0. The van der Waals surface area contributed by atoms with Gasteiger partial charge in [-0.05, 0) is 55.6 Å². The number of hydrogen-bond donors (Lipinski definition) is 1. The summed E-state index contributed by atoms with van der Waals surface area (Å²) in [6.45, 7) is 4.31. The van der Waals surface area contributed by atoms with Crippen LogP contribution in [0.4, 0.5) is 0 Å². The van der Waals surface area contributed by atoms with E-state index in [9.17, 15) is 4.79 Å². The van der Waals surface area contributed by atoms with E-state index < -0.39 is 0 Å². The van der Waals surface area contributed by atoms with Gasteiger partial charge in [0.25, 0.3) is 5.91 Å². The lowest BCUT2D eigenvalue weighted by Gasteiger charge is -2.09. The van der Waals surface area contributed by atoms with Crippen LogP contribution in [0.2, 0.25) is 5.02 Å². The van der Waals surface area contributed by atoms with Crippen LogP contribution in [0.5, 0.6) is 0 Å². The molecule has 1 amide bonds. The Labute approximate surface area is 192 Å². The summed E-state index contributed by atoms with van der Waals surface area (Å²) in [6, 6.07) is 13.1. The van der Waals surface area contributed by atoms with E-state index in [0.717, 1.165) is 22.0 Å². The fourth-order valence-electron chi connectivity index (χ4n) is 2.95. The highest BCUT2D eigenvalue weighted by atomic mass is 35.5. The Morgan fingerprint density at radius 1 is 1.16 bits per heavy atom. The molecular weight excluding hydrogens is 452 g/mol. The molecule has 0 spiro atoms. The van der Waals surface area contributed by atoms with E-state index in [1.165, 1.54) is 11.8 Å². The third-order valence-electron chi connectivity index (χ3n) is 4.35. The molecule has 1 aromatic carbocycles. The summed E-state index contributed by atoms with van der Waals surface area (Å²) in [5, 5.41) is 14.6. The number of nitrogens with zero attached hydrogens (tertiary/aromatic N) is 5. The molecule has 0 atom stereocenters. The van der Waals surface area contributed by atoms with Crippen LogP contribution >= 0.6 is 34.7 Å². The Hall–Kier alpha value is -2.75. The van der Waals surface area contributed by atoms with Crippen molar-refractivity contribution in [2.24, 2.45) is 0 Å². The number of thioether (sulfide) groups is 1. The second kappa shape index (κ2) is 9.59. The molecular formula is C21H19ClN6OS2. The Morgan fingerprint density at radius 2 is 1.90 bits per heavy atom. The van der Waals surface area contributed by atoms with Crippen molar-refractivity contribution in [3.8, 4) is 5.69 Å². The summed E-state index contributed by atoms with van der Waals surface area (Å²) >= 11 is 9.05. The lowest BCUT2D eigenvalue weighted by Crippen LogP contribution is -2.24. The molecule has 4 aromatic rings. The second-order valence-electron chi connectivity index (χ2n) is 6.76. The Bertz CT molecular complexity index is 1170. The van der Waals surface area contributed by atoms with Gasteiger partial charge in [0.15, 0.2) is 10.9 Å². The van der Waals surface area contributed by atoms with Gasteiger partial charge in [0.05, 0.1) is 17.9 Å². The summed E-state index contributed by atoms with van der Waals surface area (Å²) in [5.74, 6) is 0.158. The van der Waals surface area contributed by atoms with Crippen molar-refractivity contribution in [3.05, 3.63) is 80.5 Å². The first kappa shape index (κ1) is 21.5. The number of nitrogens with one attached hydrogen (secondary N) is 1. The predicted molar refractivity (Wildman–Crippen MR) is 123 cm³/mol. The van der Waals surface area contributed by atoms with Crippen molar-refractivity contribution in [1.82, 2.24) is 30.3 Å². The van der Waals surface area contributed by atoms with Crippen molar-refractivity contribution in [2.75, 3.05) is 0 Å². The zero-order valence-electron chi connectivity index (χ0n) is 16.9. The number of aryl methyl sites for hydroxylation is 2. The second-order valence-corrected chi connectivity index (χ2v) is 9.17. The van der Waals surface area contributed by atoms with Crippen molar-refractivity contribution < 1.29 is 4.79 Å². The quantitative estimate of drug-likeness (QED) is 0.313. The number of thiophene rings is 1. The number of halogens is 1. The smallest absolute Gasteiger partial charge is 0.274 e. The zero-order chi connectivity index (χ0) is 21.8. The molecule has 0 aliphatic carbocycles. The minimum atomic E-state index is -0.273. The summed E-state index contributed by atoms with van der Waals surface area (Å²) in [7, 11) is 0. The van der Waals surface area contributed by atoms with Crippen LogP contribution in [0.25, 0.3) is 5.69 Å². The predicted octanol–water partition coefficient (Wildman–Crippen LogP) is 4.61. The number of amides is 1. The van der Waals surface area contributed by atoms with Gasteiger partial charge in [-0.15, -0.1) is 16.4 Å². The minimum absolute atomic E-state index is 0.273. The molecule has 0 saturated heterocycles. The molecule has 0 aliphatic heterocycles. The van der Waals surface area contributed by atoms with Gasteiger partial charge in [0.1, 0.15) is 0 Å². The standard InChI is InChI=1S/C21H19ClN6OS2/c1-13-10-14(2)25-21(24-13)31-12-18-19(20(29)23-11-17-4-3-9-30-17)26-27-28(18)16-7-5-15(22)6-8-16/h3-10H,11-12H2,1-2H3,(H,23,29). The molecule has 0 unspecified atom stereocenters. The van der Waals surface area contributed by atoms with Gasteiger partial charge in [-0.2, -0.15) is 0 Å². The van der Waals surface area contributed by atoms with E-state index in [4.69, 9.17) is 11.6 Å². The largest absolute Gasteiger partial charge is 0.346 e. The van der Waals surface area contributed by atoms with Crippen LogP contribution in [-0.4, -0.2) is 30.9 Å². The van der Waals surface area contributed by atoms with E-state index in [2.05, 4.69) is 25.6 Å². The first-order valence-electron chi connectivity index (χ1n) is 9.46. The highest BCUT2D eigenvalue weighted by Crippen LogP contribution is 2.24. The summed E-state index contributed by atoms with van der Waals surface area (Å²) in [5.41, 5.74) is 3.51. The normalized spacial score (nSPS) is 10.9. The molecule has 158 valence electrons. The fourth-order valence-corrected chi connectivity index (χ4v) is 4.66. The average Bonchev–Trinajstić information content (AvgIpc) is 3.40. The van der Waals surface area contributed by atoms with Gasteiger partial charge in [0.2, 0.25) is 0 Å². The molecule has 7 nitrogen and oxygen atoms in total. The van der Waals surface area contributed by atoms with E-state index in [-0.39, 0.29) is 11.6 Å². The molecule has 10 heteroatoms. The third kappa shape index (κ3) is 5.30. The van der Waals surface area contributed by atoms with Crippen LogP contribution < -0.4 is 5.32 Å². The monoisotopic (exact) mass is 470 g/mol. The zero-order valence-corrected chi connectivity index (χ0v) is 19.3. The number of rotatable bonds is 7. The molecule has 3 aromatic heterocycles. The fraction of sp³-hybridized carbons (Fsp3) is 0.190. The lowest BCUT2D eigenvalue weighted by atomic mass is 10.3. The van der Waals surface area contributed by atoms with Crippen LogP contribution in [0, 0.1) is 13.8 Å². The first-order valence-corrected chi connectivity index (χ1v) is 11.7. The van der Waals surface area contributed by atoms with E-state index in [0.29, 0.717) is 28.2 Å². The topological polar surface area (TPSA) is 85.6 Å². The Balaban J connectivity index is 1.62. The van der Waals surface area contributed by atoms with Gasteiger partial charge in [-0.25, -0.2) is 14.6 Å². The molecule has 0 aliphatic rings. The van der Waals surface area contributed by atoms with E-state index >= 15 is 0 Å². The number of carbonyl (C=O) groups is 1. The maximum absolute atomic E-state index is 12.9. The number of aromatic nitrogens is 5. The van der Waals surface area contributed by atoms with Crippen molar-refractivity contribution >= 4 is 40.6 Å². The molecule has 0 fully saturated rings. The molecule has 4 rings (SSSR count). The summed E-state index contributed by atoms with van der Waals surface area (Å²) < 4.78 is 1.66. The Kier molecular flexibility index (Phi) is 6.64. The molecule has 0 saturated carbocycles. The van der Waals surface area contributed by atoms with Crippen molar-refractivity contribution in [1.29, 1.82) is 0 Å². The minimum Gasteiger partial charge on any atom is -0.346 e. The molecule has 0 radical (unpaired) electrons. The van der Waals surface area contributed by atoms with E-state index in [1.807, 2.05) is 49.6 Å². The number of hydrogen-bond acceptors (Lipinski definition) is 7. The van der Waals surface area contributed by atoms with Gasteiger partial charge in [-0.1, -0.05) is 34.6 Å². The maximum atomic E-state index is 12.9. The number of benzene rings is 1. The van der Waals surface area contributed by atoms with Crippen molar-refractivity contribution in [3.63, 3.8) is 0 Å². The van der Waals surface area contributed by atoms with Crippen LogP contribution in [0.1, 0.15) is 32.4 Å².